The minimum atomic E-state index is -0.986. The summed E-state index contributed by atoms with van der Waals surface area (Å²) in [6, 6.07) is 5.58. The first-order valence-corrected chi connectivity index (χ1v) is 6.87. The number of hydrogen-bond acceptors (Lipinski definition) is 3. The Morgan fingerprint density at radius 3 is 2.90 bits per heavy atom. The van der Waals surface area contributed by atoms with Crippen LogP contribution in [-0.2, 0) is 4.74 Å². The van der Waals surface area contributed by atoms with Crippen LogP contribution in [0, 0.1) is 12.8 Å². The summed E-state index contributed by atoms with van der Waals surface area (Å²) in [5, 5.41) is 19.3. The Kier molecular flexibility index (Phi) is 4.86. The molecule has 0 spiro atoms. The van der Waals surface area contributed by atoms with Gasteiger partial charge in [-0.25, -0.2) is 4.79 Å². The van der Waals surface area contributed by atoms with E-state index in [2.05, 4.69) is 0 Å². The van der Waals surface area contributed by atoms with Crippen LogP contribution in [-0.4, -0.2) is 47.5 Å². The van der Waals surface area contributed by atoms with E-state index in [4.69, 9.17) is 21.4 Å². The van der Waals surface area contributed by atoms with Crippen molar-refractivity contribution in [3.63, 3.8) is 0 Å². The number of amides is 1. The molecule has 2 N–H and O–H groups in total. The van der Waals surface area contributed by atoms with Gasteiger partial charge in [0.15, 0.2) is 0 Å². The number of ether oxygens (including phenoxy) is 1. The molecule has 1 unspecified atom stereocenters. The topological polar surface area (TPSA) is 70.0 Å². The van der Waals surface area contributed by atoms with Gasteiger partial charge in [-0.05, 0) is 24.1 Å². The summed E-state index contributed by atoms with van der Waals surface area (Å²) in [6.07, 6.45) is -1.31. The minimum Gasteiger partial charge on any atom is -0.465 e. The van der Waals surface area contributed by atoms with E-state index < -0.39 is 6.09 Å². The lowest BCUT2D eigenvalue weighted by molar-refractivity contribution is 0.0113. The number of aliphatic hydroxyl groups is 1. The van der Waals surface area contributed by atoms with E-state index in [1.54, 1.807) is 6.07 Å². The number of halogens is 1. The maximum absolute atomic E-state index is 11.1. The van der Waals surface area contributed by atoms with Gasteiger partial charge >= 0.3 is 6.09 Å². The normalized spacial score (nSPS) is 23.4. The maximum Gasteiger partial charge on any atom is 0.407 e. The molecule has 1 aliphatic heterocycles. The molecule has 110 valence electrons. The van der Waals surface area contributed by atoms with Gasteiger partial charge < -0.3 is 19.8 Å². The van der Waals surface area contributed by atoms with Crippen molar-refractivity contribution in [2.45, 2.75) is 13.0 Å². The summed E-state index contributed by atoms with van der Waals surface area (Å²) in [5.74, 6) is -0.283. The van der Waals surface area contributed by atoms with E-state index in [0.29, 0.717) is 18.2 Å². The maximum atomic E-state index is 11.1. The van der Waals surface area contributed by atoms with Crippen molar-refractivity contribution < 1.29 is 19.7 Å². The van der Waals surface area contributed by atoms with E-state index in [1.807, 2.05) is 19.1 Å². The predicted octanol–water partition coefficient (Wildman–Crippen LogP) is 2.31. The molecule has 2 atom stereocenters. The van der Waals surface area contributed by atoms with E-state index in [9.17, 15) is 9.90 Å². The molecular weight excluding hydrogens is 282 g/mol. The highest BCUT2D eigenvalue weighted by molar-refractivity contribution is 6.31. The molecule has 1 fully saturated rings. The van der Waals surface area contributed by atoms with Crippen molar-refractivity contribution in [2.24, 2.45) is 5.92 Å². The minimum absolute atomic E-state index is 0.129. The van der Waals surface area contributed by atoms with Crippen LogP contribution in [0.3, 0.4) is 0 Å². The molecule has 20 heavy (non-hydrogen) atoms. The first-order chi connectivity index (χ1) is 9.52. The van der Waals surface area contributed by atoms with Crippen molar-refractivity contribution in [3.8, 4) is 0 Å². The first kappa shape index (κ1) is 15.1. The zero-order chi connectivity index (χ0) is 14.7. The molecular formula is C14H18ClNO4. The third-order valence-electron chi connectivity index (χ3n) is 3.56. The lowest BCUT2D eigenvalue weighted by Crippen LogP contribution is -2.36. The van der Waals surface area contributed by atoms with Crippen LogP contribution in [0.1, 0.15) is 17.2 Å². The second kappa shape index (κ2) is 6.43. The fourth-order valence-electron chi connectivity index (χ4n) is 2.44. The number of aliphatic hydroxyl groups excluding tert-OH is 1. The van der Waals surface area contributed by atoms with Crippen molar-refractivity contribution in [2.75, 3.05) is 26.3 Å². The molecule has 1 aromatic carbocycles. The number of aryl methyl sites for hydroxylation is 1. The first-order valence-electron chi connectivity index (χ1n) is 6.49. The smallest absolute Gasteiger partial charge is 0.407 e. The molecule has 2 rings (SSSR count). The zero-order valence-corrected chi connectivity index (χ0v) is 12.0. The third kappa shape index (κ3) is 3.23. The molecule has 0 bridgehead atoms. The second-order valence-corrected chi connectivity index (χ2v) is 5.38. The van der Waals surface area contributed by atoms with E-state index >= 15 is 0 Å². The molecule has 5 nitrogen and oxygen atoms in total. The molecule has 0 radical (unpaired) electrons. The molecule has 0 aliphatic carbocycles. The number of carbonyl (C=O) groups is 1. The number of nitrogens with zero attached hydrogens (tertiary/aromatic N) is 1. The van der Waals surface area contributed by atoms with Crippen LogP contribution in [0.25, 0.3) is 0 Å². The molecule has 0 saturated carbocycles. The van der Waals surface area contributed by atoms with Gasteiger partial charge in [-0.15, -0.1) is 0 Å². The van der Waals surface area contributed by atoms with E-state index in [1.165, 1.54) is 4.90 Å². The Hall–Kier alpha value is -1.30. The summed E-state index contributed by atoms with van der Waals surface area (Å²) < 4.78 is 5.76. The van der Waals surface area contributed by atoms with Gasteiger partial charge in [-0.1, -0.05) is 23.7 Å². The van der Waals surface area contributed by atoms with Crippen LogP contribution in [0.2, 0.25) is 5.02 Å². The molecule has 1 heterocycles. The van der Waals surface area contributed by atoms with Gasteiger partial charge in [0.25, 0.3) is 0 Å². The van der Waals surface area contributed by atoms with Crippen molar-refractivity contribution in [1.29, 1.82) is 0 Å². The Balaban J connectivity index is 2.24. The van der Waals surface area contributed by atoms with Gasteiger partial charge in [0.1, 0.15) is 0 Å². The van der Waals surface area contributed by atoms with Crippen LogP contribution < -0.4 is 0 Å². The summed E-state index contributed by atoms with van der Waals surface area (Å²) in [7, 11) is 0. The fraction of sp³-hybridized carbons (Fsp3) is 0.500. The van der Waals surface area contributed by atoms with Crippen LogP contribution in [0.15, 0.2) is 18.2 Å². The summed E-state index contributed by atoms with van der Waals surface area (Å²) >= 11 is 6.01. The molecule has 1 aromatic rings. The molecule has 6 heteroatoms. The predicted molar refractivity (Wildman–Crippen MR) is 75.1 cm³/mol. The highest BCUT2D eigenvalue weighted by Gasteiger charge is 2.30. The summed E-state index contributed by atoms with van der Waals surface area (Å²) in [6.45, 7) is 2.67. The number of rotatable bonds is 2. The molecule has 1 amide bonds. The van der Waals surface area contributed by atoms with Gasteiger partial charge in [-0.2, -0.15) is 0 Å². The van der Waals surface area contributed by atoms with E-state index in [-0.39, 0.29) is 25.2 Å². The Labute approximate surface area is 122 Å². The Bertz CT molecular complexity index is 494. The quantitative estimate of drug-likeness (QED) is 0.879. The molecule has 1 saturated heterocycles. The largest absolute Gasteiger partial charge is 0.465 e. The van der Waals surface area contributed by atoms with Gasteiger partial charge in [0.05, 0.1) is 19.3 Å². The fourth-order valence-corrected chi connectivity index (χ4v) is 2.55. The highest BCUT2D eigenvalue weighted by atomic mass is 35.5. The number of hydrogen-bond donors (Lipinski definition) is 2. The molecule has 1 aliphatic rings. The number of carboxylic acid groups (broad SMARTS) is 1. The Morgan fingerprint density at radius 1 is 1.55 bits per heavy atom. The van der Waals surface area contributed by atoms with Crippen LogP contribution >= 0.6 is 11.6 Å². The van der Waals surface area contributed by atoms with Crippen molar-refractivity contribution >= 4 is 17.7 Å². The Morgan fingerprint density at radius 2 is 2.30 bits per heavy atom. The van der Waals surface area contributed by atoms with Crippen molar-refractivity contribution in [3.05, 3.63) is 34.3 Å². The monoisotopic (exact) mass is 299 g/mol. The standard InChI is InChI=1S/C14H18ClNO4/c1-9-6-10(2-3-12(9)15)13-11(8-17)7-16(14(18)19)4-5-20-13/h2-3,6,11,13,17H,4-5,7-8H2,1H3,(H,18,19)/t11?,13-/m1/s1. The molecule has 0 aromatic heterocycles. The summed E-state index contributed by atoms with van der Waals surface area (Å²) in [4.78, 5) is 12.4. The van der Waals surface area contributed by atoms with Gasteiger partial charge in [0.2, 0.25) is 0 Å². The lowest BCUT2D eigenvalue weighted by Gasteiger charge is -2.25. The lowest BCUT2D eigenvalue weighted by atomic mass is 9.95. The van der Waals surface area contributed by atoms with Crippen LogP contribution in [0.4, 0.5) is 4.79 Å². The SMILES string of the molecule is Cc1cc([C@H]2OCCN(C(=O)O)CC2CO)ccc1Cl. The van der Waals surface area contributed by atoms with E-state index in [0.717, 1.165) is 11.1 Å². The third-order valence-corrected chi connectivity index (χ3v) is 3.98. The second-order valence-electron chi connectivity index (χ2n) is 4.97. The van der Waals surface area contributed by atoms with Crippen molar-refractivity contribution in [1.82, 2.24) is 4.90 Å². The van der Waals surface area contributed by atoms with Crippen LogP contribution in [0.5, 0.6) is 0 Å². The zero-order valence-electron chi connectivity index (χ0n) is 11.3. The van der Waals surface area contributed by atoms with Gasteiger partial charge in [-0.3, -0.25) is 0 Å². The van der Waals surface area contributed by atoms with Gasteiger partial charge in [0, 0.05) is 24.0 Å². The average molecular weight is 300 g/mol. The average Bonchev–Trinajstić information content (AvgIpc) is 2.64. The summed E-state index contributed by atoms with van der Waals surface area (Å²) in [5.41, 5.74) is 1.85. The highest BCUT2D eigenvalue weighted by Crippen LogP contribution is 2.31. The number of benzene rings is 1.